The quantitative estimate of drug-likeness (QED) is 0.660. The summed E-state index contributed by atoms with van der Waals surface area (Å²) in [7, 11) is 0. The lowest BCUT2D eigenvalue weighted by Gasteiger charge is -2.14. The van der Waals surface area contributed by atoms with Crippen LogP contribution in [0.5, 0.6) is 0 Å². The van der Waals surface area contributed by atoms with Gasteiger partial charge in [0.1, 0.15) is 6.33 Å². The fraction of sp³-hybridized carbons (Fsp3) is 0.444. The lowest BCUT2D eigenvalue weighted by Crippen LogP contribution is -2.31. The molecule has 5 heteroatoms. The molecular weight excluding hydrogens is 180 g/mol. The lowest BCUT2D eigenvalue weighted by atomic mass is 10.3. The Morgan fingerprint density at radius 2 is 2.21 bits per heavy atom. The zero-order valence-electron chi connectivity index (χ0n) is 7.76. The van der Waals surface area contributed by atoms with Crippen LogP contribution in [0.1, 0.15) is 16.8 Å². The van der Waals surface area contributed by atoms with Crippen LogP contribution in [-0.4, -0.2) is 39.9 Å². The summed E-state index contributed by atoms with van der Waals surface area (Å²) in [6, 6.07) is 0.114. The summed E-state index contributed by atoms with van der Waals surface area (Å²) in [6.07, 6.45) is 5.34. The standard InChI is InChI=1S/C9H12N4O/c10-8-1-2-13(5-8)9(14)7-3-11-6-12-4-7/h3-4,6,8H,1-2,5,10H2. The lowest BCUT2D eigenvalue weighted by molar-refractivity contribution is 0.0790. The maximum absolute atomic E-state index is 11.8. The third-order valence-electron chi connectivity index (χ3n) is 2.32. The number of hydrogen-bond acceptors (Lipinski definition) is 4. The van der Waals surface area contributed by atoms with E-state index in [9.17, 15) is 4.79 Å². The Morgan fingerprint density at radius 1 is 1.50 bits per heavy atom. The van der Waals surface area contributed by atoms with Gasteiger partial charge in [0.15, 0.2) is 0 Å². The Labute approximate surface area is 82.0 Å². The highest BCUT2D eigenvalue weighted by Gasteiger charge is 2.24. The highest BCUT2D eigenvalue weighted by molar-refractivity contribution is 5.93. The van der Waals surface area contributed by atoms with Crippen LogP contribution in [0.4, 0.5) is 0 Å². The normalized spacial score (nSPS) is 21.2. The molecule has 1 amide bonds. The van der Waals surface area contributed by atoms with E-state index in [1.807, 2.05) is 0 Å². The molecule has 14 heavy (non-hydrogen) atoms. The molecule has 0 aromatic carbocycles. The SMILES string of the molecule is NC1CCN(C(=O)c2cncnc2)C1. The molecule has 1 fully saturated rings. The molecule has 1 aromatic rings. The topological polar surface area (TPSA) is 72.1 Å². The van der Waals surface area contributed by atoms with E-state index in [0.29, 0.717) is 12.1 Å². The largest absolute Gasteiger partial charge is 0.337 e. The third kappa shape index (κ3) is 1.72. The summed E-state index contributed by atoms with van der Waals surface area (Å²) in [6.45, 7) is 1.36. The smallest absolute Gasteiger partial charge is 0.257 e. The van der Waals surface area contributed by atoms with Crippen LogP contribution in [0.25, 0.3) is 0 Å². The number of rotatable bonds is 1. The van der Waals surface area contributed by atoms with Gasteiger partial charge in [-0.25, -0.2) is 9.97 Å². The second-order valence-electron chi connectivity index (χ2n) is 3.43. The van der Waals surface area contributed by atoms with Gasteiger partial charge in [-0.3, -0.25) is 4.79 Å². The first-order valence-corrected chi connectivity index (χ1v) is 4.57. The molecule has 2 heterocycles. The minimum atomic E-state index is -0.0291. The monoisotopic (exact) mass is 192 g/mol. The summed E-state index contributed by atoms with van der Waals surface area (Å²) in [5.74, 6) is -0.0291. The third-order valence-corrected chi connectivity index (χ3v) is 2.32. The van der Waals surface area contributed by atoms with E-state index in [2.05, 4.69) is 9.97 Å². The van der Waals surface area contributed by atoms with Crippen molar-refractivity contribution in [3.8, 4) is 0 Å². The molecule has 1 aromatic heterocycles. The number of nitrogens with two attached hydrogens (primary N) is 1. The molecule has 1 atom stereocenters. The predicted molar refractivity (Wildman–Crippen MR) is 50.5 cm³/mol. The number of nitrogens with zero attached hydrogens (tertiary/aromatic N) is 3. The molecule has 0 bridgehead atoms. The molecule has 0 aliphatic carbocycles. The second kappa shape index (κ2) is 3.71. The first-order valence-electron chi connectivity index (χ1n) is 4.57. The maximum atomic E-state index is 11.8. The van der Waals surface area contributed by atoms with E-state index in [1.54, 1.807) is 4.90 Å². The Kier molecular flexibility index (Phi) is 2.41. The Morgan fingerprint density at radius 3 is 2.79 bits per heavy atom. The van der Waals surface area contributed by atoms with E-state index < -0.39 is 0 Å². The first kappa shape index (κ1) is 9.08. The van der Waals surface area contributed by atoms with Gasteiger partial charge in [-0.05, 0) is 6.42 Å². The minimum Gasteiger partial charge on any atom is -0.337 e. The van der Waals surface area contributed by atoms with Crippen LogP contribution in [-0.2, 0) is 0 Å². The minimum absolute atomic E-state index is 0.0291. The van der Waals surface area contributed by atoms with Crippen molar-refractivity contribution in [2.75, 3.05) is 13.1 Å². The van der Waals surface area contributed by atoms with Gasteiger partial charge in [0, 0.05) is 31.5 Å². The van der Waals surface area contributed by atoms with Crippen molar-refractivity contribution in [1.82, 2.24) is 14.9 Å². The van der Waals surface area contributed by atoms with Crippen LogP contribution in [0.15, 0.2) is 18.7 Å². The van der Waals surface area contributed by atoms with Crippen molar-refractivity contribution in [3.05, 3.63) is 24.3 Å². The zero-order valence-corrected chi connectivity index (χ0v) is 7.76. The van der Waals surface area contributed by atoms with Crippen molar-refractivity contribution >= 4 is 5.91 Å². The van der Waals surface area contributed by atoms with Crippen LogP contribution < -0.4 is 5.73 Å². The molecule has 1 aliphatic rings. The molecule has 0 saturated carbocycles. The molecule has 1 saturated heterocycles. The number of aromatic nitrogens is 2. The van der Waals surface area contributed by atoms with Gasteiger partial charge >= 0.3 is 0 Å². The van der Waals surface area contributed by atoms with E-state index in [1.165, 1.54) is 18.7 Å². The molecule has 0 radical (unpaired) electrons. The van der Waals surface area contributed by atoms with Crippen molar-refractivity contribution < 1.29 is 4.79 Å². The molecule has 1 unspecified atom stereocenters. The number of amides is 1. The Hall–Kier alpha value is -1.49. The van der Waals surface area contributed by atoms with Gasteiger partial charge < -0.3 is 10.6 Å². The van der Waals surface area contributed by atoms with E-state index in [0.717, 1.165) is 13.0 Å². The van der Waals surface area contributed by atoms with Crippen molar-refractivity contribution in [1.29, 1.82) is 0 Å². The van der Waals surface area contributed by atoms with Gasteiger partial charge in [-0.1, -0.05) is 0 Å². The van der Waals surface area contributed by atoms with Gasteiger partial charge in [0.2, 0.25) is 0 Å². The van der Waals surface area contributed by atoms with Crippen molar-refractivity contribution in [2.24, 2.45) is 5.73 Å². The summed E-state index contributed by atoms with van der Waals surface area (Å²) in [4.78, 5) is 21.1. The molecule has 2 rings (SSSR count). The Bertz CT molecular complexity index is 327. The van der Waals surface area contributed by atoms with Crippen LogP contribution in [0, 0.1) is 0 Å². The fourth-order valence-electron chi connectivity index (χ4n) is 1.56. The summed E-state index contributed by atoms with van der Waals surface area (Å²) >= 11 is 0. The van der Waals surface area contributed by atoms with E-state index >= 15 is 0 Å². The predicted octanol–water partition coefficient (Wildman–Crippen LogP) is -0.350. The molecule has 1 aliphatic heterocycles. The highest BCUT2D eigenvalue weighted by atomic mass is 16.2. The molecule has 2 N–H and O–H groups in total. The van der Waals surface area contributed by atoms with Gasteiger partial charge in [0.05, 0.1) is 5.56 Å². The van der Waals surface area contributed by atoms with Crippen molar-refractivity contribution in [3.63, 3.8) is 0 Å². The molecule has 5 nitrogen and oxygen atoms in total. The number of carbonyl (C=O) groups excluding carboxylic acids is 1. The highest BCUT2D eigenvalue weighted by Crippen LogP contribution is 2.10. The summed E-state index contributed by atoms with van der Waals surface area (Å²) in [5.41, 5.74) is 6.25. The second-order valence-corrected chi connectivity index (χ2v) is 3.43. The summed E-state index contributed by atoms with van der Waals surface area (Å²) < 4.78 is 0. The zero-order chi connectivity index (χ0) is 9.97. The van der Waals surface area contributed by atoms with Crippen LogP contribution >= 0.6 is 0 Å². The van der Waals surface area contributed by atoms with Gasteiger partial charge in [-0.15, -0.1) is 0 Å². The molecule has 74 valence electrons. The fourth-order valence-corrected chi connectivity index (χ4v) is 1.56. The molecular formula is C9H12N4O. The number of carbonyl (C=O) groups is 1. The average Bonchev–Trinajstić information content (AvgIpc) is 2.65. The summed E-state index contributed by atoms with van der Waals surface area (Å²) in [5, 5.41) is 0. The van der Waals surface area contributed by atoms with E-state index in [4.69, 9.17) is 5.73 Å². The maximum Gasteiger partial charge on any atom is 0.257 e. The van der Waals surface area contributed by atoms with Crippen LogP contribution in [0.2, 0.25) is 0 Å². The number of hydrogen-bond donors (Lipinski definition) is 1. The molecule has 0 spiro atoms. The van der Waals surface area contributed by atoms with Crippen LogP contribution in [0.3, 0.4) is 0 Å². The van der Waals surface area contributed by atoms with Gasteiger partial charge in [0.25, 0.3) is 5.91 Å². The Balaban J connectivity index is 2.10. The van der Waals surface area contributed by atoms with Gasteiger partial charge in [-0.2, -0.15) is 0 Å². The number of likely N-dealkylation sites (tertiary alicyclic amines) is 1. The van der Waals surface area contributed by atoms with E-state index in [-0.39, 0.29) is 11.9 Å². The van der Waals surface area contributed by atoms with Crippen molar-refractivity contribution in [2.45, 2.75) is 12.5 Å². The average molecular weight is 192 g/mol. The first-order chi connectivity index (χ1) is 6.77.